The Hall–Kier alpha value is -2.87. The van der Waals surface area contributed by atoms with E-state index in [1.54, 1.807) is 12.1 Å². The molecular weight excluding hydrogens is 397 g/mol. The molecule has 2 aromatic rings. The molecule has 2 aromatic carbocycles. The highest BCUT2D eigenvalue weighted by Crippen LogP contribution is 2.32. The lowest BCUT2D eigenvalue weighted by Gasteiger charge is -2.39. The number of halogens is 3. The summed E-state index contributed by atoms with van der Waals surface area (Å²) in [7, 11) is 1.51. The summed E-state index contributed by atoms with van der Waals surface area (Å²) in [6.07, 6.45) is -3.28. The summed E-state index contributed by atoms with van der Waals surface area (Å²) >= 11 is 0. The normalized spacial score (nSPS) is 18.0. The predicted octanol–water partition coefficient (Wildman–Crippen LogP) is 3.64. The molecule has 30 heavy (non-hydrogen) atoms. The number of carbonyl (C=O) groups excluding carboxylic acids is 2. The first-order chi connectivity index (χ1) is 14.3. The Morgan fingerprint density at radius 1 is 1.20 bits per heavy atom. The number of amides is 1. The van der Waals surface area contributed by atoms with Crippen LogP contribution in [0.15, 0.2) is 48.5 Å². The smallest absolute Gasteiger partial charge is 0.377 e. The minimum atomic E-state index is -4.43. The van der Waals surface area contributed by atoms with Gasteiger partial charge in [0.1, 0.15) is 6.29 Å². The molecule has 1 aliphatic heterocycles. The molecule has 0 saturated carbocycles. The molecule has 1 N–H and O–H groups in total. The molecule has 0 aliphatic carbocycles. The predicted molar refractivity (Wildman–Crippen MR) is 107 cm³/mol. The average molecular weight is 420 g/mol. The van der Waals surface area contributed by atoms with Gasteiger partial charge in [0.15, 0.2) is 0 Å². The number of rotatable bonds is 6. The number of anilines is 1. The number of nitrogens with zero attached hydrogens (tertiary/aromatic N) is 1. The molecule has 0 radical (unpaired) electrons. The Balaban J connectivity index is 1.85. The summed E-state index contributed by atoms with van der Waals surface area (Å²) in [5, 5.41) is 2.61. The Labute approximate surface area is 172 Å². The van der Waals surface area contributed by atoms with Crippen molar-refractivity contribution in [3.63, 3.8) is 0 Å². The minimum Gasteiger partial charge on any atom is -0.377 e. The number of benzene rings is 2. The lowest BCUT2D eigenvalue weighted by Crippen LogP contribution is -2.47. The average Bonchev–Trinajstić information content (AvgIpc) is 2.77. The molecule has 1 amide bonds. The number of aldehydes is 1. The molecule has 0 bridgehead atoms. The van der Waals surface area contributed by atoms with Crippen LogP contribution in [0.4, 0.5) is 18.9 Å². The highest BCUT2D eigenvalue weighted by atomic mass is 19.4. The van der Waals surface area contributed by atoms with Crippen LogP contribution in [0, 0.1) is 0 Å². The van der Waals surface area contributed by atoms with E-state index in [0.29, 0.717) is 37.3 Å². The van der Waals surface area contributed by atoms with Crippen LogP contribution in [0.25, 0.3) is 0 Å². The van der Waals surface area contributed by atoms with E-state index in [0.717, 1.165) is 24.1 Å². The maximum atomic E-state index is 12.9. The molecule has 2 unspecified atom stereocenters. The molecule has 1 aliphatic rings. The largest absolute Gasteiger partial charge is 0.416 e. The molecule has 3 rings (SSSR count). The highest BCUT2D eigenvalue weighted by molar-refractivity contribution is 5.83. The SMILES string of the molecule is CNC(=O)C(CC1COCCN1c1ccc(C=O)cc1)c1ccc(C(F)(F)F)cc1. The van der Waals surface area contributed by atoms with Crippen LogP contribution in [0.5, 0.6) is 0 Å². The Morgan fingerprint density at radius 2 is 1.87 bits per heavy atom. The van der Waals surface area contributed by atoms with Gasteiger partial charge in [0.2, 0.25) is 5.91 Å². The van der Waals surface area contributed by atoms with Crippen molar-refractivity contribution in [2.24, 2.45) is 0 Å². The van der Waals surface area contributed by atoms with Gasteiger partial charge in [-0.25, -0.2) is 0 Å². The van der Waals surface area contributed by atoms with Gasteiger partial charge in [0.25, 0.3) is 0 Å². The number of hydrogen-bond acceptors (Lipinski definition) is 4. The summed E-state index contributed by atoms with van der Waals surface area (Å²) in [6, 6.07) is 11.7. The molecular formula is C22H23F3N2O3. The molecule has 0 aromatic heterocycles. The molecule has 2 atom stereocenters. The number of alkyl halides is 3. The third-order valence-corrected chi connectivity index (χ3v) is 5.30. The number of nitrogens with one attached hydrogen (secondary N) is 1. The van der Waals surface area contributed by atoms with Crippen LogP contribution in [0.3, 0.4) is 0 Å². The number of likely N-dealkylation sites (N-methyl/N-ethyl adjacent to an activating group) is 1. The van der Waals surface area contributed by atoms with Crippen LogP contribution >= 0.6 is 0 Å². The highest BCUT2D eigenvalue weighted by Gasteiger charge is 2.33. The van der Waals surface area contributed by atoms with Crippen molar-refractivity contribution in [3.05, 3.63) is 65.2 Å². The van der Waals surface area contributed by atoms with Crippen LogP contribution in [0.2, 0.25) is 0 Å². The van der Waals surface area contributed by atoms with Crippen molar-refractivity contribution >= 4 is 17.9 Å². The van der Waals surface area contributed by atoms with Crippen molar-refractivity contribution in [1.29, 1.82) is 0 Å². The number of morpholine rings is 1. The third-order valence-electron chi connectivity index (χ3n) is 5.30. The van der Waals surface area contributed by atoms with E-state index in [9.17, 15) is 22.8 Å². The van der Waals surface area contributed by atoms with Gasteiger partial charge in [-0.15, -0.1) is 0 Å². The van der Waals surface area contributed by atoms with Gasteiger partial charge in [-0.1, -0.05) is 12.1 Å². The Kier molecular flexibility index (Phi) is 6.77. The zero-order valence-electron chi connectivity index (χ0n) is 16.5. The van der Waals surface area contributed by atoms with E-state index in [4.69, 9.17) is 4.74 Å². The van der Waals surface area contributed by atoms with E-state index in [1.165, 1.54) is 19.2 Å². The monoisotopic (exact) mass is 420 g/mol. The lowest BCUT2D eigenvalue weighted by molar-refractivity contribution is -0.137. The van der Waals surface area contributed by atoms with Gasteiger partial charge in [0.05, 0.1) is 30.7 Å². The van der Waals surface area contributed by atoms with Gasteiger partial charge >= 0.3 is 6.18 Å². The first-order valence-corrected chi connectivity index (χ1v) is 9.62. The zero-order chi connectivity index (χ0) is 21.7. The van der Waals surface area contributed by atoms with Crippen molar-refractivity contribution in [1.82, 2.24) is 5.32 Å². The number of carbonyl (C=O) groups is 2. The van der Waals surface area contributed by atoms with E-state index in [1.807, 2.05) is 12.1 Å². The van der Waals surface area contributed by atoms with Crippen LogP contribution < -0.4 is 10.2 Å². The van der Waals surface area contributed by atoms with Gasteiger partial charge in [-0.3, -0.25) is 9.59 Å². The van der Waals surface area contributed by atoms with Crippen LogP contribution in [0.1, 0.15) is 33.8 Å². The number of ether oxygens (including phenoxy) is 1. The van der Waals surface area contributed by atoms with Crippen LogP contribution in [-0.2, 0) is 15.7 Å². The molecule has 160 valence electrons. The van der Waals surface area contributed by atoms with Crippen LogP contribution in [-0.4, -0.2) is 45.0 Å². The second-order valence-corrected chi connectivity index (χ2v) is 7.15. The van der Waals surface area contributed by atoms with E-state index in [2.05, 4.69) is 10.2 Å². The number of hydrogen-bond donors (Lipinski definition) is 1. The Morgan fingerprint density at radius 3 is 2.43 bits per heavy atom. The van der Waals surface area contributed by atoms with Gasteiger partial charge in [-0.2, -0.15) is 13.2 Å². The fraction of sp³-hybridized carbons (Fsp3) is 0.364. The summed E-state index contributed by atoms with van der Waals surface area (Å²) in [6.45, 7) is 1.53. The molecule has 1 fully saturated rings. The molecule has 5 nitrogen and oxygen atoms in total. The molecule has 1 heterocycles. The first-order valence-electron chi connectivity index (χ1n) is 9.62. The van der Waals surface area contributed by atoms with E-state index >= 15 is 0 Å². The second-order valence-electron chi connectivity index (χ2n) is 7.15. The maximum Gasteiger partial charge on any atom is 0.416 e. The van der Waals surface area contributed by atoms with E-state index < -0.39 is 17.7 Å². The fourth-order valence-electron chi connectivity index (χ4n) is 3.68. The lowest BCUT2D eigenvalue weighted by atomic mass is 9.89. The van der Waals surface area contributed by atoms with Crippen molar-refractivity contribution in [2.75, 3.05) is 31.7 Å². The summed E-state index contributed by atoms with van der Waals surface area (Å²) < 4.78 is 44.3. The van der Waals surface area contributed by atoms with Gasteiger partial charge < -0.3 is 15.0 Å². The third kappa shape index (κ3) is 4.99. The zero-order valence-corrected chi connectivity index (χ0v) is 16.5. The van der Waals surface area contributed by atoms with Gasteiger partial charge in [-0.05, 0) is 48.4 Å². The molecule has 0 spiro atoms. The second kappa shape index (κ2) is 9.30. The van der Waals surface area contributed by atoms with Gasteiger partial charge in [0, 0.05) is 24.8 Å². The minimum absolute atomic E-state index is 0.148. The summed E-state index contributed by atoms with van der Waals surface area (Å²) in [4.78, 5) is 25.6. The Bertz CT molecular complexity index is 867. The first kappa shape index (κ1) is 21.8. The quantitative estimate of drug-likeness (QED) is 0.725. The summed E-state index contributed by atoms with van der Waals surface area (Å²) in [5.74, 6) is -0.891. The summed E-state index contributed by atoms with van der Waals surface area (Å²) in [5.41, 5.74) is 1.23. The standard InChI is InChI=1S/C22H23F3N2O3/c1-26-21(29)20(16-4-6-17(7-5-16)22(23,24)25)12-19-14-30-11-10-27(19)18-8-2-15(13-28)3-9-18/h2-9,13,19-20H,10-12,14H2,1H3,(H,26,29). The maximum absolute atomic E-state index is 12.9. The fourth-order valence-corrected chi connectivity index (χ4v) is 3.68. The van der Waals surface area contributed by atoms with Crippen molar-refractivity contribution < 1.29 is 27.5 Å². The van der Waals surface area contributed by atoms with E-state index in [-0.39, 0.29) is 11.9 Å². The van der Waals surface area contributed by atoms with Crippen molar-refractivity contribution in [3.8, 4) is 0 Å². The van der Waals surface area contributed by atoms with Crippen molar-refractivity contribution in [2.45, 2.75) is 24.6 Å². The molecule has 1 saturated heterocycles. The molecule has 8 heteroatoms. The topological polar surface area (TPSA) is 58.6 Å².